The van der Waals surface area contributed by atoms with Crippen LogP contribution >= 0.6 is 34.8 Å². The number of benzene rings is 1. The summed E-state index contributed by atoms with van der Waals surface area (Å²) in [4.78, 5) is 7.75. The van der Waals surface area contributed by atoms with Gasteiger partial charge in [0.1, 0.15) is 0 Å². The zero-order valence-electron chi connectivity index (χ0n) is 7.42. The Morgan fingerprint density at radius 1 is 0.867 bits per heavy atom. The van der Waals surface area contributed by atoms with Gasteiger partial charge in [-0.15, -0.1) is 0 Å². The summed E-state index contributed by atoms with van der Waals surface area (Å²) in [6.45, 7) is 0. The molecule has 0 aliphatic rings. The van der Waals surface area contributed by atoms with Crippen molar-refractivity contribution in [2.45, 2.75) is 0 Å². The van der Waals surface area contributed by atoms with Crippen molar-refractivity contribution >= 4 is 34.8 Å². The van der Waals surface area contributed by atoms with E-state index in [-0.39, 0.29) is 5.28 Å². The second-order valence-corrected chi connectivity index (χ2v) is 3.99. The summed E-state index contributed by atoms with van der Waals surface area (Å²) in [5, 5.41) is 1.32. The summed E-state index contributed by atoms with van der Waals surface area (Å²) >= 11 is 17.7. The van der Waals surface area contributed by atoms with Crippen LogP contribution < -0.4 is 0 Å². The largest absolute Gasteiger partial charge is 0.226 e. The SMILES string of the molecule is Clc1ncc(-c2c(Cl)cccc2Cl)cn1. The summed E-state index contributed by atoms with van der Waals surface area (Å²) in [6.07, 6.45) is 3.17. The standard InChI is InChI=1S/C10H5Cl3N2/c11-7-2-1-3-8(12)9(7)6-4-14-10(13)15-5-6/h1-5H. The van der Waals surface area contributed by atoms with Gasteiger partial charge in [-0.2, -0.15) is 0 Å². The van der Waals surface area contributed by atoms with Gasteiger partial charge in [0, 0.05) is 23.5 Å². The van der Waals surface area contributed by atoms with E-state index >= 15 is 0 Å². The van der Waals surface area contributed by atoms with Gasteiger partial charge >= 0.3 is 0 Å². The molecule has 1 aromatic heterocycles. The van der Waals surface area contributed by atoms with Gasteiger partial charge in [0.15, 0.2) is 0 Å². The van der Waals surface area contributed by atoms with E-state index in [0.29, 0.717) is 10.0 Å². The first-order valence-electron chi connectivity index (χ1n) is 4.10. The fourth-order valence-electron chi connectivity index (χ4n) is 1.21. The van der Waals surface area contributed by atoms with Gasteiger partial charge in [-0.1, -0.05) is 29.3 Å². The van der Waals surface area contributed by atoms with Gasteiger partial charge in [0.25, 0.3) is 0 Å². The molecule has 0 saturated carbocycles. The topological polar surface area (TPSA) is 25.8 Å². The Kier molecular flexibility index (Phi) is 3.10. The van der Waals surface area contributed by atoms with Crippen molar-refractivity contribution in [1.29, 1.82) is 0 Å². The van der Waals surface area contributed by atoms with E-state index in [1.807, 2.05) is 0 Å². The summed E-state index contributed by atoms with van der Waals surface area (Å²) in [5.74, 6) is 0. The molecule has 0 radical (unpaired) electrons. The second kappa shape index (κ2) is 4.35. The summed E-state index contributed by atoms with van der Waals surface area (Å²) in [6, 6.07) is 5.31. The average molecular weight is 260 g/mol. The Morgan fingerprint density at radius 3 is 1.93 bits per heavy atom. The first kappa shape index (κ1) is 10.7. The third kappa shape index (κ3) is 2.23. The van der Waals surface area contributed by atoms with Crippen molar-refractivity contribution in [3.63, 3.8) is 0 Å². The quantitative estimate of drug-likeness (QED) is 0.721. The number of nitrogens with zero attached hydrogens (tertiary/aromatic N) is 2. The maximum atomic E-state index is 6.03. The first-order valence-corrected chi connectivity index (χ1v) is 5.24. The Morgan fingerprint density at radius 2 is 1.40 bits per heavy atom. The van der Waals surface area contributed by atoms with Crippen LogP contribution in [0.15, 0.2) is 30.6 Å². The van der Waals surface area contributed by atoms with Gasteiger partial charge in [0.05, 0.1) is 10.0 Å². The highest BCUT2D eigenvalue weighted by Gasteiger charge is 2.08. The highest BCUT2D eigenvalue weighted by molar-refractivity contribution is 6.39. The molecule has 0 saturated heterocycles. The number of aromatic nitrogens is 2. The maximum absolute atomic E-state index is 6.03. The molecule has 2 nitrogen and oxygen atoms in total. The molecule has 0 aliphatic heterocycles. The summed E-state index contributed by atoms with van der Waals surface area (Å²) < 4.78 is 0. The molecule has 15 heavy (non-hydrogen) atoms. The highest BCUT2D eigenvalue weighted by atomic mass is 35.5. The number of halogens is 3. The van der Waals surface area contributed by atoms with E-state index in [1.54, 1.807) is 30.6 Å². The zero-order valence-corrected chi connectivity index (χ0v) is 9.68. The van der Waals surface area contributed by atoms with Crippen molar-refractivity contribution in [1.82, 2.24) is 9.97 Å². The van der Waals surface area contributed by atoms with E-state index in [2.05, 4.69) is 9.97 Å². The smallest absolute Gasteiger partial charge is 0.222 e. The number of hydrogen-bond donors (Lipinski definition) is 0. The highest BCUT2D eigenvalue weighted by Crippen LogP contribution is 2.33. The monoisotopic (exact) mass is 258 g/mol. The van der Waals surface area contributed by atoms with Crippen LogP contribution in [0.3, 0.4) is 0 Å². The molecule has 1 aromatic carbocycles. The predicted molar refractivity (Wildman–Crippen MR) is 62.5 cm³/mol. The van der Waals surface area contributed by atoms with Crippen LogP contribution in [0.5, 0.6) is 0 Å². The van der Waals surface area contributed by atoms with Gasteiger partial charge in [-0.3, -0.25) is 0 Å². The normalized spacial score (nSPS) is 10.3. The molecule has 0 N–H and O–H groups in total. The minimum atomic E-state index is 0.196. The Bertz CT molecular complexity index is 462. The van der Waals surface area contributed by atoms with Crippen LogP contribution in [0.25, 0.3) is 11.1 Å². The molecule has 2 aromatic rings. The third-order valence-electron chi connectivity index (χ3n) is 1.87. The molecule has 0 bridgehead atoms. The van der Waals surface area contributed by atoms with Crippen molar-refractivity contribution in [2.75, 3.05) is 0 Å². The van der Waals surface area contributed by atoms with Crippen LogP contribution in [0.1, 0.15) is 0 Å². The molecule has 0 atom stereocenters. The fourth-order valence-corrected chi connectivity index (χ4v) is 1.93. The van der Waals surface area contributed by atoms with E-state index in [9.17, 15) is 0 Å². The lowest BCUT2D eigenvalue weighted by Crippen LogP contribution is -1.86. The van der Waals surface area contributed by atoms with Crippen LogP contribution in [0.2, 0.25) is 15.3 Å². The van der Waals surface area contributed by atoms with Crippen LogP contribution in [0, 0.1) is 0 Å². The molecular weight excluding hydrogens is 254 g/mol. The third-order valence-corrected chi connectivity index (χ3v) is 2.70. The molecule has 76 valence electrons. The summed E-state index contributed by atoms with van der Waals surface area (Å²) in [5.41, 5.74) is 1.47. The molecule has 0 spiro atoms. The maximum Gasteiger partial charge on any atom is 0.222 e. The molecule has 2 rings (SSSR count). The average Bonchev–Trinajstić information content (AvgIpc) is 2.20. The van der Waals surface area contributed by atoms with Gasteiger partial charge in [0.2, 0.25) is 5.28 Å². The molecule has 5 heteroatoms. The zero-order chi connectivity index (χ0) is 10.8. The Balaban J connectivity index is 2.58. The van der Waals surface area contributed by atoms with Crippen molar-refractivity contribution in [2.24, 2.45) is 0 Å². The lowest BCUT2D eigenvalue weighted by atomic mass is 10.1. The van der Waals surface area contributed by atoms with Crippen molar-refractivity contribution in [3.8, 4) is 11.1 Å². The minimum Gasteiger partial charge on any atom is -0.226 e. The van der Waals surface area contributed by atoms with E-state index < -0.39 is 0 Å². The molecule has 0 unspecified atom stereocenters. The molecular formula is C10H5Cl3N2. The Labute approximate surface area is 102 Å². The lowest BCUT2D eigenvalue weighted by Gasteiger charge is -2.05. The Hall–Kier alpha value is -0.830. The first-order chi connectivity index (χ1) is 7.18. The fraction of sp³-hybridized carbons (Fsp3) is 0. The van der Waals surface area contributed by atoms with Gasteiger partial charge in [-0.25, -0.2) is 9.97 Å². The van der Waals surface area contributed by atoms with E-state index in [1.165, 1.54) is 0 Å². The predicted octanol–water partition coefficient (Wildman–Crippen LogP) is 4.10. The molecule has 0 amide bonds. The van der Waals surface area contributed by atoms with Crippen LogP contribution in [0.4, 0.5) is 0 Å². The van der Waals surface area contributed by atoms with Crippen molar-refractivity contribution < 1.29 is 0 Å². The van der Waals surface area contributed by atoms with E-state index in [4.69, 9.17) is 34.8 Å². The van der Waals surface area contributed by atoms with Crippen LogP contribution in [-0.4, -0.2) is 9.97 Å². The molecule has 0 fully saturated rings. The second-order valence-electron chi connectivity index (χ2n) is 2.84. The van der Waals surface area contributed by atoms with E-state index in [0.717, 1.165) is 11.1 Å². The lowest BCUT2D eigenvalue weighted by molar-refractivity contribution is 1.17. The molecule has 1 heterocycles. The van der Waals surface area contributed by atoms with Gasteiger partial charge in [-0.05, 0) is 23.7 Å². The van der Waals surface area contributed by atoms with Gasteiger partial charge < -0.3 is 0 Å². The minimum absolute atomic E-state index is 0.196. The van der Waals surface area contributed by atoms with Crippen LogP contribution in [-0.2, 0) is 0 Å². The van der Waals surface area contributed by atoms with Crippen molar-refractivity contribution in [3.05, 3.63) is 45.9 Å². The number of hydrogen-bond acceptors (Lipinski definition) is 2. The molecule has 0 aliphatic carbocycles. The number of rotatable bonds is 1. The summed E-state index contributed by atoms with van der Waals surface area (Å²) in [7, 11) is 0.